The predicted octanol–water partition coefficient (Wildman–Crippen LogP) is 5.81. The summed E-state index contributed by atoms with van der Waals surface area (Å²) in [5, 5.41) is 8.10. The highest BCUT2D eigenvalue weighted by molar-refractivity contribution is 5.91. The average Bonchev–Trinajstić information content (AvgIpc) is 3.31. The van der Waals surface area contributed by atoms with Crippen LogP contribution in [-0.2, 0) is 11.2 Å². The Morgan fingerprint density at radius 3 is 2.57 bits per heavy atom. The van der Waals surface area contributed by atoms with E-state index in [-0.39, 0.29) is 11.9 Å². The number of carbonyl (C=O) groups excluding carboxylic acids is 1. The van der Waals surface area contributed by atoms with Crippen LogP contribution in [0, 0.1) is 5.92 Å². The quantitative estimate of drug-likeness (QED) is 0.305. The maximum absolute atomic E-state index is 14.1. The summed E-state index contributed by atoms with van der Waals surface area (Å²) in [4.78, 5) is 26.3. The van der Waals surface area contributed by atoms with Gasteiger partial charge in [0.25, 0.3) is 0 Å². The van der Waals surface area contributed by atoms with Crippen LogP contribution in [0.15, 0.2) is 79.4 Å². The highest BCUT2D eigenvalue weighted by atomic mass is 16.2. The zero-order valence-electron chi connectivity index (χ0n) is 20.2. The average molecular weight is 468 g/mol. The number of aromatic amines is 1. The number of aromatic nitrogens is 3. The van der Waals surface area contributed by atoms with Gasteiger partial charge in [0.1, 0.15) is 5.54 Å². The van der Waals surface area contributed by atoms with Crippen LogP contribution in [0.1, 0.15) is 56.3 Å². The molecule has 180 valence electrons. The third-order valence-corrected chi connectivity index (χ3v) is 7.23. The van der Waals surface area contributed by atoms with Gasteiger partial charge in [-0.3, -0.25) is 14.8 Å². The van der Waals surface area contributed by atoms with Gasteiger partial charge in [0, 0.05) is 47.8 Å². The molecule has 6 heteroatoms. The molecular formula is C29H33N5O. The van der Waals surface area contributed by atoms with Crippen LogP contribution in [0.2, 0.25) is 0 Å². The van der Waals surface area contributed by atoms with Gasteiger partial charge >= 0.3 is 0 Å². The van der Waals surface area contributed by atoms with Crippen molar-refractivity contribution >= 4 is 22.5 Å². The molecule has 0 radical (unpaired) electrons. The first-order valence-corrected chi connectivity index (χ1v) is 12.6. The van der Waals surface area contributed by atoms with E-state index >= 15 is 0 Å². The summed E-state index contributed by atoms with van der Waals surface area (Å²) >= 11 is 0. The van der Waals surface area contributed by atoms with Crippen molar-refractivity contribution in [2.24, 2.45) is 5.92 Å². The number of anilines is 1. The van der Waals surface area contributed by atoms with Crippen LogP contribution in [0.4, 0.5) is 5.69 Å². The molecule has 3 N–H and O–H groups in total. The SMILES string of the molecule is CC(Cc1c[nH]c2ccccc12)(Nc1ccncc1)C(=O)NC(c1ccccn1)C1CCCCC1. The van der Waals surface area contributed by atoms with E-state index < -0.39 is 5.54 Å². The smallest absolute Gasteiger partial charge is 0.246 e. The van der Waals surface area contributed by atoms with Crippen molar-refractivity contribution in [2.45, 2.75) is 57.0 Å². The summed E-state index contributed by atoms with van der Waals surface area (Å²) in [7, 11) is 0. The van der Waals surface area contributed by atoms with Gasteiger partial charge in [-0.1, -0.05) is 43.5 Å². The molecule has 4 aromatic rings. The number of fused-ring (bicyclic) bond motifs is 1. The molecule has 3 aromatic heterocycles. The molecule has 1 saturated carbocycles. The summed E-state index contributed by atoms with van der Waals surface area (Å²) in [6.45, 7) is 1.99. The lowest BCUT2D eigenvalue weighted by Crippen LogP contribution is -2.53. The highest BCUT2D eigenvalue weighted by Gasteiger charge is 2.37. The Morgan fingerprint density at radius 2 is 1.80 bits per heavy atom. The van der Waals surface area contributed by atoms with Crippen molar-refractivity contribution < 1.29 is 4.79 Å². The van der Waals surface area contributed by atoms with Crippen LogP contribution >= 0.6 is 0 Å². The van der Waals surface area contributed by atoms with Gasteiger partial charge in [0.15, 0.2) is 0 Å². The van der Waals surface area contributed by atoms with Crippen molar-refractivity contribution in [2.75, 3.05) is 5.32 Å². The van der Waals surface area contributed by atoms with Gasteiger partial charge in [-0.2, -0.15) is 0 Å². The molecule has 5 rings (SSSR count). The summed E-state index contributed by atoms with van der Waals surface area (Å²) in [6, 6.07) is 17.9. The van der Waals surface area contributed by atoms with Crippen LogP contribution in [-0.4, -0.2) is 26.4 Å². The fourth-order valence-corrected chi connectivity index (χ4v) is 5.36. The molecule has 3 heterocycles. The van der Waals surface area contributed by atoms with E-state index in [0.29, 0.717) is 12.3 Å². The van der Waals surface area contributed by atoms with Crippen LogP contribution < -0.4 is 10.6 Å². The molecular weight excluding hydrogens is 434 g/mol. The number of amides is 1. The molecule has 0 bridgehead atoms. The molecule has 1 amide bonds. The zero-order valence-corrected chi connectivity index (χ0v) is 20.2. The van der Waals surface area contributed by atoms with E-state index in [0.717, 1.165) is 40.7 Å². The Labute approximate surface area is 206 Å². The van der Waals surface area contributed by atoms with E-state index in [2.05, 4.69) is 37.7 Å². The van der Waals surface area contributed by atoms with Crippen molar-refractivity contribution in [3.8, 4) is 0 Å². The van der Waals surface area contributed by atoms with Gasteiger partial charge in [-0.25, -0.2) is 0 Å². The fraction of sp³-hybridized carbons (Fsp3) is 0.345. The topological polar surface area (TPSA) is 82.7 Å². The maximum atomic E-state index is 14.1. The Bertz CT molecular complexity index is 1250. The number of nitrogens with one attached hydrogen (secondary N) is 3. The number of rotatable bonds is 8. The van der Waals surface area contributed by atoms with E-state index in [1.54, 1.807) is 12.4 Å². The Kier molecular flexibility index (Phi) is 6.80. The second kappa shape index (κ2) is 10.3. The van der Waals surface area contributed by atoms with Gasteiger partial charge in [-0.05, 0) is 61.6 Å². The monoisotopic (exact) mass is 467 g/mol. The first-order chi connectivity index (χ1) is 17.1. The minimum atomic E-state index is -0.881. The molecule has 0 saturated heterocycles. The molecule has 35 heavy (non-hydrogen) atoms. The lowest BCUT2D eigenvalue weighted by molar-refractivity contribution is -0.126. The van der Waals surface area contributed by atoms with Crippen molar-refractivity contribution in [1.82, 2.24) is 20.3 Å². The van der Waals surface area contributed by atoms with Gasteiger partial charge in [0.05, 0.1) is 11.7 Å². The van der Waals surface area contributed by atoms with E-state index in [1.807, 2.05) is 61.8 Å². The Balaban J connectivity index is 1.47. The number of H-pyrrole nitrogens is 1. The molecule has 6 nitrogen and oxygen atoms in total. The van der Waals surface area contributed by atoms with Gasteiger partial charge in [0.2, 0.25) is 5.91 Å². The standard InChI is InChI=1S/C29H33N5O/c1-29(34-23-14-17-30-18-15-23,19-22-20-32-25-12-6-5-11-24(22)25)28(35)33-27(21-9-3-2-4-10-21)26-13-7-8-16-31-26/h5-8,11-18,20-21,27,32H,2-4,9-10,19H2,1H3,(H,30,34)(H,33,35). The number of carbonyl (C=O) groups is 1. The molecule has 1 fully saturated rings. The van der Waals surface area contributed by atoms with Gasteiger partial charge in [-0.15, -0.1) is 0 Å². The van der Waals surface area contributed by atoms with Crippen molar-refractivity contribution in [3.05, 3.63) is 90.6 Å². The predicted molar refractivity (Wildman–Crippen MR) is 140 cm³/mol. The third kappa shape index (κ3) is 5.21. The van der Waals surface area contributed by atoms with E-state index in [1.165, 1.54) is 19.3 Å². The van der Waals surface area contributed by atoms with E-state index in [9.17, 15) is 4.79 Å². The van der Waals surface area contributed by atoms with Crippen molar-refractivity contribution in [3.63, 3.8) is 0 Å². The van der Waals surface area contributed by atoms with Crippen molar-refractivity contribution in [1.29, 1.82) is 0 Å². The normalized spacial score (nSPS) is 16.9. The van der Waals surface area contributed by atoms with E-state index in [4.69, 9.17) is 0 Å². The second-order valence-corrected chi connectivity index (χ2v) is 9.83. The third-order valence-electron chi connectivity index (χ3n) is 7.23. The molecule has 2 unspecified atom stereocenters. The summed E-state index contributed by atoms with van der Waals surface area (Å²) in [5.74, 6) is 0.363. The number of para-hydroxylation sites is 1. The lowest BCUT2D eigenvalue weighted by atomic mass is 9.81. The fourth-order valence-electron chi connectivity index (χ4n) is 5.36. The molecule has 2 atom stereocenters. The number of nitrogens with zero attached hydrogens (tertiary/aromatic N) is 2. The number of benzene rings is 1. The lowest BCUT2D eigenvalue weighted by Gasteiger charge is -2.36. The number of hydrogen-bond donors (Lipinski definition) is 3. The zero-order chi connectivity index (χ0) is 24.1. The van der Waals surface area contributed by atoms with Crippen LogP contribution in [0.3, 0.4) is 0 Å². The minimum Gasteiger partial charge on any atom is -0.371 e. The van der Waals surface area contributed by atoms with Gasteiger partial charge < -0.3 is 15.6 Å². The molecule has 0 aliphatic heterocycles. The van der Waals surface area contributed by atoms with Crippen LogP contribution in [0.5, 0.6) is 0 Å². The minimum absolute atomic E-state index is 0.0270. The Morgan fingerprint density at radius 1 is 1.03 bits per heavy atom. The molecule has 1 aromatic carbocycles. The highest BCUT2D eigenvalue weighted by Crippen LogP contribution is 2.35. The number of pyridine rings is 2. The largest absolute Gasteiger partial charge is 0.371 e. The maximum Gasteiger partial charge on any atom is 0.246 e. The molecule has 0 spiro atoms. The summed E-state index contributed by atoms with van der Waals surface area (Å²) < 4.78 is 0. The van der Waals surface area contributed by atoms with Crippen LogP contribution in [0.25, 0.3) is 10.9 Å². The summed E-state index contributed by atoms with van der Waals surface area (Å²) in [5.41, 5.74) is 3.10. The number of hydrogen-bond acceptors (Lipinski definition) is 4. The molecule has 1 aliphatic carbocycles. The summed E-state index contributed by atoms with van der Waals surface area (Å²) in [6.07, 6.45) is 13.7. The molecule has 1 aliphatic rings. The Hall–Kier alpha value is -3.67. The second-order valence-electron chi connectivity index (χ2n) is 9.83. The first-order valence-electron chi connectivity index (χ1n) is 12.6. The first kappa shape index (κ1) is 23.1.